The highest BCUT2D eigenvalue weighted by atomic mass is 16.6. The number of carbonyl (C=O) groups excluding carboxylic acids is 1. The lowest BCUT2D eigenvalue weighted by Crippen LogP contribution is -2.15. The number of aryl methyl sites for hydroxylation is 1. The van der Waals surface area contributed by atoms with Crippen molar-refractivity contribution in [2.75, 3.05) is 14.2 Å². The molecule has 0 aromatic heterocycles. The van der Waals surface area contributed by atoms with Crippen LogP contribution in [0.25, 0.3) is 0 Å². The number of fused-ring (bicyclic) bond motifs is 2. The van der Waals surface area contributed by atoms with Crippen molar-refractivity contribution in [3.05, 3.63) is 58.1 Å². The highest BCUT2D eigenvalue weighted by Crippen LogP contribution is 2.45. The third-order valence-electron chi connectivity index (χ3n) is 5.74. The molecule has 0 amide bonds. The van der Waals surface area contributed by atoms with Crippen LogP contribution in [0.3, 0.4) is 0 Å². The van der Waals surface area contributed by atoms with Crippen molar-refractivity contribution in [1.29, 1.82) is 0 Å². The van der Waals surface area contributed by atoms with Crippen molar-refractivity contribution < 1.29 is 19.0 Å². The number of carbonyl (C=O) groups is 1. The summed E-state index contributed by atoms with van der Waals surface area (Å²) in [5.74, 6) is 1.87. The van der Waals surface area contributed by atoms with Crippen molar-refractivity contribution in [2.24, 2.45) is 5.92 Å². The zero-order valence-corrected chi connectivity index (χ0v) is 15.5. The number of esters is 1. The Labute approximate surface area is 154 Å². The first kappa shape index (κ1) is 17.0. The predicted molar refractivity (Wildman–Crippen MR) is 99.1 cm³/mol. The largest absolute Gasteiger partial charge is 0.496 e. The Morgan fingerprint density at radius 1 is 1.12 bits per heavy atom. The number of rotatable bonds is 4. The Balaban J connectivity index is 1.82. The summed E-state index contributed by atoms with van der Waals surface area (Å²) in [5, 5.41) is 0. The summed E-state index contributed by atoms with van der Waals surface area (Å²) in [6, 6.07) is 9.77. The van der Waals surface area contributed by atoms with E-state index < -0.39 is 6.10 Å². The number of methoxy groups -OCH3 is 2. The molecular formula is C22H24O4. The Kier molecular flexibility index (Phi) is 4.35. The van der Waals surface area contributed by atoms with Crippen molar-refractivity contribution in [3.63, 3.8) is 0 Å². The minimum absolute atomic E-state index is 0.310. The van der Waals surface area contributed by atoms with Gasteiger partial charge in [0.2, 0.25) is 0 Å². The van der Waals surface area contributed by atoms with Crippen molar-refractivity contribution in [2.45, 2.75) is 38.7 Å². The molecule has 1 heterocycles. The maximum absolute atomic E-state index is 12.4. The maximum Gasteiger partial charge on any atom is 0.339 e. The molecular weight excluding hydrogens is 328 g/mol. The van der Waals surface area contributed by atoms with Gasteiger partial charge in [0, 0.05) is 5.56 Å². The van der Waals surface area contributed by atoms with Gasteiger partial charge in [0.05, 0.1) is 25.3 Å². The van der Waals surface area contributed by atoms with Crippen LogP contribution >= 0.6 is 0 Å². The average Bonchev–Trinajstić information content (AvgIpc) is 3.03. The Hall–Kier alpha value is -2.49. The van der Waals surface area contributed by atoms with E-state index in [1.54, 1.807) is 20.3 Å². The van der Waals surface area contributed by atoms with Gasteiger partial charge >= 0.3 is 5.97 Å². The van der Waals surface area contributed by atoms with E-state index in [1.165, 1.54) is 24.0 Å². The topological polar surface area (TPSA) is 44.8 Å². The van der Waals surface area contributed by atoms with Gasteiger partial charge in [0.25, 0.3) is 0 Å². The van der Waals surface area contributed by atoms with Crippen molar-refractivity contribution in [3.8, 4) is 11.5 Å². The summed E-state index contributed by atoms with van der Waals surface area (Å²) in [6.07, 6.45) is 4.07. The molecule has 0 bridgehead atoms. The van der Waals surface area contributed by atoms with Crippen LogP contribution in [0.5, 0.6) is 11.5 Å². The Bertz CT molecular complexity index is 855. The first-order valence-corrected chi connectivity index (χ1v) is 9.23. The van der Waals surface area contributed by atoms with Gasteiger partial charge in [-0.15, -0.1) is 0 Å². The third-order valence-corrected chi connectivity index (χ3v) is 5.74. The molecule has 0 saturated carbocycles. The lowest BCUT2D eigenvalue weighted by Gasteiger charge is -2.26. The predicted octanol–water partition coefficient (Wildman–Crippen LogP) is 4.48. The van der Waals surface area contributed by atoms with Gasteiger partial charge in [-0.2, -0.15) is 0 Å². The van der Waals surface area contributed by atoms with E-state index >= 15 is 0 Å². The maximum atomic E-state index is 12.4. The smallest absolute Gasteiger partial charge is 0.339 e. The van der Waals surface area contributed by atoms with Crippen LogP contribution in [0.15, 0.2) is 30.3 Å². The highest BCUT2D eigenvalue weighted by molar-refractivity contribution is 5.95. The number of hydrogen-bond acceptors (Lipinski definition) is 4. The van der Waals surface area contributed by atoms with Gasteiger partial charge in [0.15, 0.2) is 6.10 Å². The second-order valence-corrected chi connectivity index (χ2v) is 7.09. The summed E-state index contributed by atoms with van der Waals surface area (Å²) in [4.78, 5) is 12.4. The first-order valence-electron chi connectivity index (χ1n) is 9.23. The molecule has 4 rings (SSSR count). The van der Waals surface area contributed by atoms with E-state index in [0.717, 1.165) is 35.6 Å². The molecule has 1 aliphatic carbocycles. The van der Waals surface area contributed by atoms with Crippen LogP contribution in [-0.4, -0.2) is 20.2 Å². The van der Waals surface area contributed by atoms with Gasteiger partial charge in [0.1, 0.15) is 11.5 Å². The second kappa shape index (κ2) is 6.67. The molecule has 4 nitrogen and oxygen atoms in total. The quantitative estimate of drug-likeness (QED) is 0.761. The molecule has 0 spiro atoms. The summed E-state index contributed by atoms with van der Waals surface area (Å²) in [5.41, 5.74) is 4.96. The van der Waals surface area contributed by atoms with Crippen LogP contribution in [0, 0.1) is 5.92 Å². The zero-order chi connectivity index (χ0) is 18.3. The summed E-state index contributed by atoms with van der Waals surface area (Å²) in [6.45, 7) is 2.25. The molecule has 4 heteroatoms. The van der Waals surface area contributed by atoms with E-state index in [-0.39, 0.29) is 5.97 Å². The summed E-state index contributed by atoms with van der Waals surface area (Å²) >= 11 is 0. The minimum atomic E-state index is -0.488. The lowest BCUT2D eigenvalue weighted by molar-refractivity contribution is 0.0450. The fourth-order valence-corrected chi connectivity index (χ4v) is 4.23. The molecule has 2 atom stereocenters. The van der Waals surface area contributed by atoms with E-state index in [0.29, 0.717) is 11.3 Å². The number of ether oxygens (including phenoxy) is 3. The number of benzene rings is 2. The monoisotopic (exact) mass is 352 g/mol. The zero-order valence-electron chi connectivity index (χ0n) is 15.5. The third kappa shape index (κ3) is 2.64. The molecule has 0 radical (unpaired) electrons. The minimum Gasteiger partial charge on any atom is -0.496 e. The van der Waals surface area contributed by atoms with E-state index in [2.05, 4.69) is 19.1 Å². The fraction of sp³-hybridized carbons (Fsp3) is 0.409. The number of cyclic esters (lactones) is 1. The van der Waals surface area contributed by atoms with Crippen LogP contribution in [0.1, 0.15) is 58.5 Å². The van der Waals surface area contributed by atoms with Gasteiger partial charge in [-0.25, -0.2) is 4.79 Å². The molecule has 0 fully saturated rings. The summed E-state index contributed by atoms with van der Waals surface area (Å²) in [7, 11) is 3.29. The highest BCUT2D eigenvalue weighted by Gasteiger charge is 2.37. The SMILES string of the molecule is CC[C@H]1CCc2cc(C3OC(=O)c4cccc(OC)c43)c(OC)cc2C1. The molecule has 26 heavy (non-hydrogen) atoms. The van der Waals surface area contributed by atoms with E-state index in [4.69, 9.17) is 14.2 Å². The molecule has 2 aliphatic rings. The second-order valence-electron chi connectivity index (χ2n) is 7.09. The van der Waals surface area contributed by atoms with Gasteiger partial charge in [-0.1, -0.05) is 19.4 Å². The molecule has 0 N–H and O–H groups in total. The molecule has 1 aliphatic heterocycles. The van der Waals surface area contributed by atoms with Gasteiger partial charge in [-0.3, -0.25) is 0 Å². The fourth-order valence-electron chi connectivity index (χ4n) is 4.23. The average molecular weight is 352 g/mol. The normalized spacial score (nSPS) is 21.0. The van der Waals surface area contributed by atoms with Gasteiger partial charge < -0.3 is 14.2 Å². The molecule has 2 aromatic rings. The van der Waals surface area contributed by atoms with Crippen LogP contribution in [-0.2, 0) is 17.6 Å². The lowest BCUT2D eigenvalue weighted by atomic mass is 9.81. The molecule has 136 valence electrons. The van der Waals surface area contributed by atoms with Crippen LogP contribution in [0.2, 0.25) is 0 Å². The van der Waals surface area contributed by atoms with E-state index in [1.807, 2.05) is 12.1 Å². The molecule has 0 saturated heterocycles. The van der Waals surface area contributed by atoms with E-state index in [9.17, 15) is 4.79 Å². The van der Waals surface area contributed by atoms with Gasteiger partial charge in [-0.05, 0) is 60.6 Å². The first-order chi connectivity index (χ1) is 12.7. The van der Waals surface area contributed by atoms with Crippen LogP contribution < -0.4 is 9.47 Å². The number of hydrogen-bond donors (Lipinski definition) is 0. The Morgan fingerprint density at radius 3 is 2.65 bits per heavy atom. The standard InChI is InChI=1S/C22H24O4/c1-4-13-8-9-14-11-17(19(25-3)12-15(14)10-13)21-20-16(22(23)26-21)6-5-7-18(20)24-2/h5-7,11-13,21H,4,8-10H2,1-3H3/t13-,21?/m0/s1. The van der Waals surface area contributed by atoms with Crippen molar-refractivity contribution >= 4 is 5.97 Å². The molecule has 2 aromatic carbocycles. The summed E-state index contributed by atoms with van der Waals surface area (Å²) < 4.78 is 16.9. The van der Waals surface area contributed by atoms with Crippen LogP contribution in [0.4, 0.5) is 0 Å². The molecule has 1 unspecified atom stereocenters. The Morgan fingerprint density at radius 2 is 1.92 bits per heavy atom. The van der Waals surface area contributed by atoms with Crippen molar-refractivity contribution in [1.82, 2.24) is 0 Å².